The van der Waals surface area contributed by atoms with Crippen LogP contribution in [0.1, 0.15) is 0 Å². The smallest absolute Gasteiger partial charge is 0.334 e. The number of carbonyl (C=O) groups excluding carboxylic acids is 1. The van der Waals surface area contributed by atoms with Crippen molar-refractivity contribution in [2.75, 3.05) is 0 Å². The molecular formula is C7H6O4. The Balaban J connectivity index is 2.31. The molecule has 0 aliphatic carbocycles. The van der Waals surface area contributed by atoms with Gasteiger partial charge in [0.1, 0.15) is 6.10 Å². The van der Waals surface area contributed by atoms with Crippen LogP contribution >= 0.6 is 0 Å². The quantitative estimate of drug-likeness (QED) is 0.487. The predicted octanol–water partition coefficient (Wildman–Crippen LogP) is -0.300. The molecular weight excluding hydrogens is 148 g/mol. The molecule has 1 N–H and O–H groups in total. The normalized spacial score (nSPS) is 33.9. The summed E-state index contributed by atoms with van der Waals surface area (Å²) in [4.78, 5) is 10.6. The number of hydrogen-bond donors (Lipinski definition) is 1. The molecule has 11 heavy (non-hydrogen) atoms. The standard InChI is InChI=1S/C7H6O4/c8-5-1-2-10-7-4(5)3-6(9)11-7/h1-3,5,7-8H/t5-,7+/m0/s1. The molecule has 0 unspecified atom stereocenters. The molecule has 0 aromatic heterocycles. The van der Waals surface area contributed by atoms with E-state index >= 15 is 0 Å². The number of carbonyl (C=O) groups is 1. The van der Waals surface area contributed by atoms with Crippen LogP contribution in [-0.2, 0) is 14.3 Å². The maximum atomic E-state index is 10.6. The van der Waals surface area contributed by atoms with Gasteiger partial charge in [-0.25, -0.2) is 4.79 Å². The van der Waals surface area contributed by atoms with Gasteiger partial charge in [0.25, 0.3) is 6.29 Å². The largest absolute Gasteiger partial charge is 0.459 e. The molecule has 2 heterocycles. The van der Waals surface area contributed by atoms with Crippen molar-refractivity contribution in [1.82, 2.24) is 0 Å². The molecule has 0 amide bonds. The van der Waals surface area contributed by atoms with Gasteiger partial charge in [0.2, 0.25) is 0 Å². The molecule has 2 aliphatic heterocycles. The lowest BCUT2D eigenvalue weighted by molar-refractivity contribution is -0.153. The summed E-state index contributed by atoms with van der Waals surface area (Å²) < 4.78 is 9.56. The molecule has 0 bridgehead atoms. The van der Waals surface area contributed by atoms with E-state index in [4.69, 9.17) is 4.74 Å². The van der Waals surface area contributed by atoms with E-state index in [2.05, 4.69) is 4.74 Å². The summed E-state index contributed by atoms with van der Waals surface area (Å²) in [6.07, 6.45) is 2.57. The third kappa shape index (κ3) is 0.914. The number of aliphatic hydroxyl groups is 1. The second-order valence-corrected chi connectivity index (χ2v) is 2.32. The van der Waals surface area contributed by atoms with Crippen molar-refractivity contribution in [3.63, 3.8) is 0 Å². The van der Waals surface area contributed by atoms with Crippen molar-refractivity contribution in [2.45, 2.75) is 12.4 Å². The first kappa shape index (κ1) is 6.42. The highest BCUT2D eigenvalue weighted by Gasteiger charge is 2.33. The first-order chi connectivity index (χ1) is 5.27. The lowest BCUT2D eigenvalue weighted by Crippen LogP contribution is -2.24. The van der Waals surface area contributed by atoms with E-state index in [0.717, 1.165) is 0 Å². The van der Waals surface area contributed by atoms with Crippen LogP contribution in [-0.4, -0.2) is 23.5 Å². The van der Waals surface area contributed by atoms with Gasteiger partial charge in [-0.2, -0.15) is 0 Å². The Hall–Kier alpha value is -1.29. The average molecular weight is 154 g/mol. The second kappa shape index (κ2) is 2.10. The summed E-state index contributed by atoms with van der Waals surface area (Å²) >= 11 is 0. The van der Waals surface area contributed by atoms with E-state index in [1.807, 2.05) is 0 Å². The molecule has 4 nitrogen and oxygen atoms in total. The van der Waals surface area contributed by atoms with Crippen LogP contribution in [0.5, 0.6) is 0 Å². The number of fused-ring (bicyclic) bond motifs is 1. The molecule has 2 atom stereocenters. The van der Waals surface area contributed by atoms with Gasteiger partial charge in [-0.1, -0.05) is 0 Å². The topological polar surface area (TPSA) is 55.8 Å². The third-order valence-electron chi connectivity index (χ3n) is 1.58. The van der Waals surface area contributed by atoms with Crippen LogP contribution in [0.3, 0.4) is 0 Å². The molecule has 4 heteroatoms. The minimum absolute atomic E-state index is 0.465. The number of aliphatic hydroxyl groups excluding tert-OH is 1. The first-order valence-corrected chi connectivity index (χ1v) is 3.19. The van der Waals surface area contributed by atoms with Crippen LogP contribution in [0, 0.1) is 0 Å². The molecule has 0 saturated heterocycles. The fourth-order valence-electron chi connectivity index (χ4n) is 1.05. The summed E-state index contributed by atoms with van der Waals surface area (Å²) in [7, 11) is 0. The van der Waals surface area contributed by atoms with Gasteiger partial charge in [-0.15, -0.1) is 0 Å². The molecule has 58 valence electrons. The minimum Gasteiger partial charge on any atom is -0.459 e. The van der Waals surface area contributed by atoms with Crippen molar-refractivity contribution in [3.8, 4) is 0 Å². The molecule has 0 aromatic rings. The van der Waals surface area contributed by atoms with Crippen LogP contribution in [0.4, 0.5) is 0 Å². The Morgan fingerprint density at radius 1 is 1.55 bits per heavy atom. The van der Waals surface area contributed by atoms with Gasteiger partial charge in [0, 0.05) is 11.6 Å². The number of ether oxygens (including phenoxy) is 2. The number of esters is 1. The van der Waals surface area contributed by atoms with E-state index in [9.17, 15) is 9.90 Å². The second-order valence-electron chi connectivity index (χ2n) is 2.32. The lowest BCUT2D eigenvalue weighted by atomic mass is 10.1. The minimum atomic E-state index is -0.750. The van der Waals surface area contributed by atoms with Gasteiger partial charge in [-0.3, -0.25) is 0 Å². The summed E-state index contributed by atoms with van der Waals surface area (Å²) in [5.74, 6) is -0.465. The Bertz CT molecular complexity index is 253. The van der Waals surface area contributed by atoms with Crippen molar-refractivity contribution in [1.29, 1.82) is 0 Å². The molecule has 0 aromatic carbocycles. The van der Waals surface area contributed by atoms with Crippen LogP contribution in [0.25, 0.3) is 0 Å². The zero-order chi connectivity index (χ0) is 7.84. The SMILES string of the molecule is O=C1C=C2[C@H](OC=C[C@@H]2O)O1. The van der Waals surface area contributed by atoms with Crippen molar-refractivity contribution in [2.24, 2.45) is 0 Å². The Labute approximate surface area is 62.7 Å². The van der Waals surface area contributed by atoms with Gasteiger partial charge in [0.15, 0.2) is 0 Å². The third-order valence-corrected chi connectivity index (χ3v) is 1.58. The molecule has 0 saturated carbocycles. The first-order valence-electron chi connectivity index (χ1n) is 3.19. The Morgan fingerprint density at radius 3 is 3.09 bits per heavy atom. The monoisotopic (exact) mass is 154 g/mol. The summed E-state index contributed by atoms with van der Waals surface area (Å²) in [6, 6.07) is 0. The van der Waals surface area contributed by atoms with Crippen molar-refractivity contribution >= 4 is 5.97 Å². The van der Waals surface area contributed by atoms with Crippen molar-refractivity contribution < 1.29 is 19.4 Å². The van der Waals surface area contributed by atoms with Gasteiger partial charge < -0.3 is 14.6 Å². The van der Waals surface area contributed by atoms with Crippen LogP contribution in [0.15, 0.2) is 24.0 Å². The Morgan fingerprint density at radius 2 is 2.36 bits per heavy atom. The van der Waals surface area contributed by atoms with E-state index in [1.54, 1.807) is 0 Å². The zero-order valence-corrected chi connectivity index (χ0v) is 5.56. The molecule has 0 fully saturated rings. The van der Waals surface area contributed by atoms with Crippen LogP contribution < -0.4 is 0 Å². The fourth-order valence-corrected chi connectivity index (χ4v) is 1.05. The van der Waals surface area contributed by atoms with E-state index in [0.29, 0.717) is 5.57 Å². The van der Waals surface area contributed by atoms with Gasteiger partial charge in [-0.05, 0) is 6.08 Å². The fraction of sp³-hybridized carbons (Fsp3) is 0.286. The van der Waals surface area contributed by atoms with Gasteiger partial charge >= 0.3 is 5.97 Å². The number of hydrogen-bond acceptors (Lipinski definition) is 4. The summed E-state index contributed by atoms with van der Waals surface area (Å²) in [6.45, 7) is 0. The average Bonchev–Trinajstić information content (AvgIpc) is 2.31. The zero-order valence-electron chi connectivity index (χ0n) is 5.56. The van der Waals surface area contributed by atoms with E-state index < -0.39 is 18.4 Å². The van der Waals surface area contributed by atoms with E-state index in [1.165, 1.54) is 18.4 Å². The predicted molar refractivity (Wildman–Crippen MR) is 34.2 cm³/mol. The molecule has 2 aliphatic rings. The maximum Gasteiger partial charge on any atom is 0.334 e. The Kier molecular flexibility index (Phi) is 1.22. The van der Waals surface area contributed by atoms with E-state index in [-0.39, 0.29) is 0 Å². The molecule has 0 spiro atoms. The number of rotatable bonds is 0. The highest BCUT2D eigenvalue weighted by molar-refractivity contribution is 5.86. The highest BCUT2D eigenvalue weighted by Crippen LogP contribution is 2.24. The van der Waals surface area contributed by atoms with Crippen molar-refractivity contribution in [3.05, 3.63) is 24.0 Å². The molecule has 2 rings (SSSR count). The molecule has 0 radical (unpaired) electrons. The lowest BCUT2D eigenvalue weighted by Gasteiger charge is -2.19. The van der Waals surface area contributed by atoms with Crippen LogP contribution in [0.2, 0.25) is 0 Å². The summed E-state index contributed by atoms with van der Waals surface area (Å²) in [5.41, 5.74) is 0.470. The maximum absolute atomic E-state index is 10.6. The van der Waals surface area contributed by atoms with Gasteiger partial charge in [0.05, 0.1) is 6.26 Å². The highest BCUT2D eigenvalue weighted by atomic mass is 16.7. The summed E-state index contributed by atoms with van der Waals surface area (Å²) in [5, 5.41) is 9.23.